The van der Waals surface area contributed by atoms with Crippen molar-refractivity contribution in [3.63, 3.8) is 0 Å². The quantitative estimate of drug-likeness (QED) is 0.661. The Morgan fingerprint density at radius 3 is 2.42 bits per heavy atom. The third-order valence-corrected chi connectivity index (χ3v) is 2.67. The lowest BCUT2D eigenvalue weighted by Gasteiger charge is -2.27. The van der Waals surface area contributed by atoms with Gasteiger partial charge in [-0.1, -0.05) is 13.8 Å². The van der Waals surface area contributed by atoms with Gasteiger partial charge >= 0.3 is 0 Å². The van der Waals surface area contributed by atoms with Gasteiger partial charge in [0.1, 0.15) is 6.10 Å². The van der Waals surface area contributed by atoms with E-state index in [-0.39, 0.29) is 11.9 Å². The number of carbonyl (C=O) groups excluding carboxylic acids is 1. The molecule has 0 bridgehead atoms. The molecule has 0 aromatic rings. The van der Waals surface area contributed by atoms with E-state index in [4.69, 9.17) is 0 Å². The van der Waals surface area contributed by atoms with Gasteiger partial charge in [-0.05, 0) is 19.3 Å². The lowest BCUT2D eigenvalue weighted by atomic mass is 10.1. The van der Waals surface area contributed by atoms with Crippen LogP contribution in [0.5, 0.6) is 0 Å². The second kappa shape index (κ2) is 3.44. The van der Waals surface area contributed by atoms with Crippen LogP contribution in [-0.2, 0) is 4.79 Å². The molecule has 1 aliphatic rings. The fourth-order valence-corrected chi connectivity index (χ4v) is 1.45. The molecule has 1 amide bonds. The van der Waals surface area contributed by atoms with Crippen LogP contribution in [0.4, 0.5) is 0 Å². The minimum absolute atomic E-state index is 0.101. The Morgan fingerprint density at radius 2 is 2.08 bits per heavy atom. The average molecular weight is 171 g/mol. The SMILES string of the molecule is CC(C)[C@H](C)N1CC[C@H](O)C1=O. The molecular formula is C9H17NO2. The second-order valence-electron chi connectivity index (χ2n) is 3.82. The van der Waals surface area contributed by atoms with Gasteiger partial charge in [-0.15, -0.1) is 0 Å². The topological polar surface area (TPSA) is 40.5 Å². The smallest absolute Gasteiger partial charge is 0.251 e. The van der Waals surface area contributed by atoms with Crippen LogP contribution in [0.3, 0.4) is 0 Å². The summed E-state index contributed by atoms with van der Waals surface area (Å²) in [6.45, 7) is 6.91. The molecule has 1 N–H and O–H groups in total. The molecule has 1 saturated heterocycles. The molecule has 0 aliphatic carbocycles. The molecule has 0 unspecified atom stereocenters. The van der Waals surface area contributed by atoms with Crippen molar-refractivity contribution in [3.8, 4) is 0 Å². The fraction of sp³-hybridized carbons (Fsp3) is 0.889. The molecule has 0 saturated carbocycles. The number of rotatable bonds is 2. The molecule has 1 fully saturated rings. The van der Waals surface area contributed by atoms with Crippen LogP contribution in [0.1, 0.15) is 27.2 Å². The summed E-state index contributed by atoms with van der Waals surface area (Å²) in [4.78, 5) is 13.1. The van der Waals surface area contributed by atoms with Gasteiger partial charge in [0, 0.05) is 12.6 Å². The van der Waals surface area contributed by atoms with Crippen LogP contribution >= 0.6 is 0 Å². The summed E-state index contributed by atoms with van der Waals surface area (Å²) >= 11 is 0. The van der Waals surface area contributed by atoms with Gasteiger partial charge in [-0.2, -0.15) is 0 Å². The Morgan fingerprint density at radius 1 is 1.50 bits per heavy atom. The molecule has 12 heavy (non-hydrogen) atoms. The number of carbonyl (C=O) groups is 1. The van der Waals surface area contributed by atoms with Crippen molar-refractivity contribution in [1.29, 1.82) is 0 Å². The van der Waals surface area contributed by atoms with Crippen molar-refractivity contribution >= 4 is 5.91 Å². The Hall–Kier alpha value is -0.570. The van der Waals surface area contributed by atoms with Gasteiger partial charge in [-0.3, -0.25) is 4.79 Å². The van der Waals surface area contributed by atoms with Crippen LogP contribution in [-0.4, -0.2) is 34.6 Å². The van der Waals surface area contributed by atoms with Crippen molar-refractivity contribution in [2.75, 3.05) is 6.54 Å². The van der Waals surface area contributed by atoms with Crippen molar-refractivity contribution in [2.45, 2.75) is 39.3 Å². The van der Waals surface area contributed by atoms with Crippen LogP contribution in [0.2, 0.25) is 0 Å². The van der Waals surface area contributed by atoms with E-state index >= 15 is 0 Å². The highest BCUT2D eigenvalue weighted by Crippen LogP contribution is 2.18. The third-order valence-electron chi connectivity index (χ3n) is 2.67. The molecule has 0 radical (unpaired) electrons. The van der Waals surface area contributed by atoms with Crippen LogP contribution in [0.15, 0.2) is 0 Å². The van der Waals surface area contributed by atoms with Crippen molar-refractivity contribution in [1.82, 2.24) is 4.90 Å². The zero-order valence-electron chi connectivity index (χ0n) is 7.95. The lowest BCUT2D eigenvalue weighted by Crippen LogP contribution is -2.39. The maximum Gasteiger partial charge on any atom is 0.251 e. The van der Waals surface area contributed by atoms with E-state index in [2.05, 4.69) is 13.8 Å². The first-order valence-corrected chi connectivity index (χ1v) is 4.52. The molecule has 70 valence electrons. The maximum absolute atomic E-state index is 11.3. The van der Waals surface area contributed by atoms with Gasteiger partial charge in [-0.25, -0.2) is 0 Å². The van der Waals surface area contributed by atoms with Crippen LogP contribution in [0.25, 0.3) is 0 Å². The van der Waals surface area contributed by atoms with Crippen molar-refractivity contribution in [3.05, 3.63) is 0 Å². The van der Waals surface area contributed by atoms with Crippen molar-refractivity contribution < 1.29 is 9.90 Å². The number of hydrogen-bond acceptors (Lipinski definition) is 2. The van der Waals surface area contributed by atoms with Gasteiger partial charge in [0.15, 0.2) is 0 Å². The van der Waals surface area contributed by atoms with Crippen LogP contribution in [0, 0.1) is 5.92 Å². The molecule has 1 rings (SSSR count). The van der Waals surface area contributed by atoms with E-state index in [1.54, 1.807) is 4.90 Å². The van der Waals surface area contributed by atoms with Gasteiger partial charge in [0.25, 0.3) is 5.91 Å². The molecule has 0 aromatic carbocycles. The minimum Gasteiger partial charge on any atom is -0.383 e. The summed E-state index contributed by atoms with van der Waals surface area (Å²) in [6, 6.07) is 0.245. The molecule has 0 aromatic heterocycles. The van der Waals surface area contributed by atoms with E-state index < -0.39 is 6.10 Å². The van der Waals surface area contributed by atoms with Crippen molar-refractivity contribution in [2.24, 2.45) is 5.92 Å². The first-order chi connectivity index (χ1) is 5.54. The molecule has 3 nitrogen and oxygen atoms in total. The van der Waals surface area contributed by atoms with E-state index in [1.165, 1.54) is 0 Å². The first-order valence-electron chi connectivity index (χ1n) is 4.52. The fourth-order valence-electron chi connectivity index (χ4n) is 1.45. The summed E-state index contributed by atoms with van der Waals surface area (Å²) in [7, 11) is 0. The van der Waals surface area contributed by atoms with Gasteiger partial charge in [0.05, 0.1) is 0 Å². The van der Waals surface area contributed by atoms with E-state index in [9.17, 15) is 9.90 Å². The minimum atomic E-state index is -0.744. The zero-order valence-corrected chi connectivity index (χ0v) is 7.95. The summed E-state index contributed by atoms with van der Waals surface area (Å²) in [5.41, 5.74) is 0. The van der Waals surface area contributed by atoms with E-state index in [1.807, 2.05) is 6.92 Å². The Bertz CT molecular complexity index is 179. The Kier molecular flexibility index (Phi) is 2.73. The average Bonchev–Trinajstić information content (AvgIpc) is 2.32. The zero-order chi connectivity index (χ0) is 9.30. The number of nitrogens with zero attached hydrogens (tertiary/aromatic N) is 1. The van der Waals surface area contributed by atoms with Gasteiger partial charge < -0.3 is 10.0 Å². The second-order valence-corrected chi connectivity index (χ2v) is 3.82. The molecule has 0 spiro atoms. The van der Waals surface area contributed by atoms with E-state index in [0.717, 1.165) is 0 Å². The summed E-state index contributed by atoms with van der Waals surface area (Å²) in [5, 5.41) is 9.21. The number of aliphatic hydroxyl groups is 1. The molecule has 2 atom stereocenters. The summed E-state index contributed by atoms with van der Waals surface area (Å²) in [6.07, 6.45) is -0.151. The first kappa shape index (κ1) is 9.52. The summed E-state index contributed by atoms with van der Waals surface area (Å²) < 4.78 is 0. The molecule has 1 heterocycles. The van der Waals surface area contributed by atoms with Gasteiger partial charge in [0.2, 0.25) is 0 Å². The standard InChI is InChI=1S/C9H17NO2/c1-6(2)7(3)10-5-4-8(11)9(10)12/h6-8,11H,4-5H2,1-3H3/t7-,8-/m0/s1. The highest BCUT2D eigenvalue weighted by molar-refractivity contribution is 5.82. The number of likely N-dealkylation sites (tertiary alicyclic amines) is 1. The molecule has 1 aliphatic heterocycles. The predicted octanol–water partition coefficient (Wildman–Crippen LogP) is 0.624. The largest absolute Gasteiger partial charge is 0.383 e. The lowest BCUT2D eigenvalue weighted by molar-refractivity contribution is -0.136. The highest BCUT2D eigenvalue weighted by Gasteiger charge is 2.33. The predicted molar refractivity (Wildman–Crippen MR) is 46.6 cm³/mol. The van der Waals surface area contributed by atoms with Crippen LogP contribution < -0.4 is 0 Å². The van der Waals surface area contributed by atoms with E-state index in [0.29, 0.717) is 18.9 Å². The maximum atomic E-state index is 11.3. The highest BCUT2D eigenvalue weighted by atomic mass is 16.3. The Labute approximate surface area is 73.4 Å². The third kappa shape index (κ3) is 1.61. The monoisotopic (exact) mass is 171 g/mol. The Balaban J connectivity index is 2.59. The number of aliphatic hydroxyl groups excluding tert-OH is 1. The molecular weight excluding hydrogens is 154 g/mol. The summed E-state index contributed by atoms with van der Waals surface area (Å²) in [5.74, 6) is 0.357. The number of amides is 1. The number of hydrogen-bond donors (Lipinski definition) is 1. The normalized spacial score (nSPS) is 26.9. The molecule has 3 heteroatoms.